The van der Waals surface area contributed by atoms with Crippen molar-refractivity contribution in [3.8, 4) is 0 Å². The van der Waals surface area contributed by atoms with E-state index < -0.39 is 75.3 Å². The number of carboxylic acid groups (broad SMARTS) is 1. The normalized spacial score (nSPS) is 48.5. The average molecular weight is 457 g/mol. The number of hydrogen-bond donors (Lipinski definition) is 3. The zero-order valence-corrected chi connectivity index (χ0v) is 18.1. The summed E-state index contributed by atoms with van der Waals surface area (Å²) in [5, 5.41) is 30.5. The molecule has 0 aromatic rings. The number of alkyl halides is 2. The van der Waals surface area contributed by atoms with Crippen LogP contribution in [0.4, 0.5) is 8.78 Å². The second-order valence-corrected chi connectivity index (χ2v) is 10.6. The molecule has 0 amide bonds. The van der Waals surface area contributed by atoms with E-state index in [-0.39, 0.29) is 24.8 Å². The van der Waals surface area contributed by atoms with Crippen molar-refractivity contribution >= 4 is 28.6 Å². The summed E-state index contributed by atoms with van der Waals surface area (Å²) in [4.78, 5) is 36.1. The Hall–Kier alpha value is -1.58. The lowest BCUT2D eigenvalue weighted by atomic mass is 9.45. The predicted molar refractivity (Wildman–Crippen MR) is 109 cm³/mol. The van der Waals surface area contributed by atoms with E-state index >= 15 is 8.78 Å². The van der Waals surface area contributed by atoms with Gasteiger partial charge in [0, 0.05) is 11.3 Å². The second-order valence-electron chi connectivity index (χ2n) is 9.61. The van der Waals surface area contributed by atoms with Crippen LogP contribution in [0.3, 0.4) is 0 Å². The van der Waals surface area contributed by atoms with Crippen molar-refractivity contribution in [1.82, 2.24) is 0 Å². The molecular weight excluding hydrogens is 430 g/mol. The molecule has 4 aliphatic carbocycles. The fourth-order valence-corrected chi connectivity index (χ4v) is 7.64. The van der Waals surface area contributed by atoms with E-state index in [9.17, 15) is 24.6 Å². The van der Waals surface area contributed by atoms with Crippen molar-refractivity contribution in [2.24, 2.45) is 28.6 Å². The second kappa shape index (κ2) is 7.22. The highest BCUT2D eigenvalue weighted by atomic mass is 32.2. The fourth-order valence-electron chi connectivity index (χ4n) is 6.77. The molecule has 0 aliphatic heterocycles. The maximum absolute atomic E-state index is 17.0. The first kappa shape index (κ1) is 22.6. The van der Waals surface area contributed by atoms with Gasteiger partial charge in [-0.05, 0) is 55.7 Å². The van der Waals surface area contributed by atoms with E-state index in [2.05, 4.69) is 0 Å². The Bertz CT molecular complexity index is 904. The van der Waals surface area contributed by atoms with Crippen molar-refractivity contribution < 1.29 is 38.5 Å². The number of aliphatic carboxylic acids is 1. The van der Waals surface area contributed by atoms with E-state index in [1.165, 1.54) is 19.1 Å². The van der Waals surface area contributed by atoms with Gasteiger partial charge in [-0.3, -0.25) is 14.4 Å². The first-order valence-electron chi connectivity index (χ1n) is 10.4. The summed E-state index contributed by atoms with van der Waals surface area (Å²) in [7, 11) is 0. The van der Waals surface area contributed by atoms with Gasteiger partial charge in [0.2, 0.25) is 0 Å². The third kappa shape index (κ3) is 2.85. The Balaban J connectivity index is 1.82. The lowest BCUT2D eigenvalue weighted by Crippen LogP contribution is -2.69. The highest BCUT2D eigenvalue weighted by molar-refractivity contribution is 8.14. The van der Waals surface area contributed by atoms with Crippen LogP contribution in [0.1, 0.15) is 33.1 Å². The summed E-state index contributed by atoms with van der Waals surface area (Å²) in [6, 6.07) is 0. The molecule has 3 saturated carbocycles. The molecule has 0 aromatic carbocycles. The predicted octanol–water partition coefficient (Wildman–Crippen LogP) is 2.24. The van der Waals surface area contributed by atoms with Gasteiger partial charge in [-0.1, -0.05) is 24.8 Å². The maximum atomic E-state index is 17.0. The summed E-state index contributed by atoms with van der Waals surface area (Å²) in [6.45, 7) is 3.18. The number of aliphatic hydroxyl groups is 2. The molecule has 31 heavy (non-hydrogen) atoms. The summed E-state index contributed by atoms with van der Waals surface area (Å²) in [5.41, 5.74) is -5.47. The number of aliphatic hydroxyl groups excluding tert-OH is 2. The van der Waals surface area contributed by atoms with E-state index in [1.54, 1.807) is 6.92 Å². The van der Waals surface area contributed by atoms with Crippen LogP contribution in [0.5, 0.6) is 0 Å². The van der Waals surface area contributed by atoms with E-state index in [1.807, 2.05) is 0 Å². The van der Waals surface area contributed by atoms with Crippen molar-refractivity contribution in [3.63, 3.8) is 0 Å². The minimum Gasteiger partial charge on any atom is -0.481 e. The topological polar surface area (TPSA) is 112 Å². The molecule has 0 radical (unpaired) electrons. The zero-order valence-electron chi connectivity index (χ0n) is 17.3. The van der Waals surface area contributed by atoms with E-state index in [0.717, 1.165) is 6.08 Å². The summed E-state index contributed by atoms with van der Waals surface area (Å²) in [5.74, 6) is -4.41. The summed E-state index contributed by atoms with van der Waals surface area (Å²) in [6.07, 6.45) is -1.40. The highest BCUT2D eigenvalue weighted by Gasteiger charge is 2.75. The van der Waals surface area contributed by atoms with Gasteiger partial charge in [0.15, 0.2) is 16.6 Å². The first-order chi connectivity index (χ1) is 14.4. The molecule has 4 rings (SSSR count). The Morgan fingerprint density at radius 3 is 2.58 bits per heavy atom. The first-order valence-corrected chi connectivity index (χ1v) is 11.4. The molecule has 0 heterocycles. The van der Waals surface area contributed by atoms with Crippen LogP contribution < -0.4 is 0 Å². The third-order valence-corrected chi connectivity index (χ3v) is 9.21. The third-order valence-electron chi connectivity index (χ3n) is 8.17. The van der Waals surface area contributed by atoms with Crippen LogP contribution in [-0.4, -0.2) is 62.0 Å². The molecule has 4 aliphatic rings. The van der Waals surface area contributed by atoms with Crippen molar-refractivity contribution in [1.29, 1.82) is 0 Å². The van der Waals surface area contributed by atoms with E-state index in [0.29, 0.717) is 11.8 Å². The number of carbonyl (C=O) groups excluding carboxylic acids is 2. The van der Waals surface area contributed by atoms with Crippen LogP contribution in [0.15, 0.2) is 23.8 Å². The molecule has 9 atom stereocenters. The molecule has 0 spiro atoms. The Kier molecular flexibility index (Phi) is 5.26. The molecule has 3 fully saturated rings. The number of allylic oxidation sites excluding steroid dienone is 4. The Morgan fingerprint density at radius 1 is 1.26 bits per heavy atom. The number of carboxylic acids is 1. The minimum atomic E-state index is -2.34. The lowest BCUT2D eigenvalue weighted by Gasteiger charge is -2.62. The van der Waals surface area contributed by atoms with Crippen LogP contribution >= 0.6 is 11.8 Å². The number of fused-ring (bicyclic) bond motifs is 5. The average Bonchev–Trinajstić information content (AvgIpc) is 2.95. The van der Waals surface area contributed by atoms with E-state index in [4.69, 9.17) is 5.11 Å². The van der Waals surface area contributed by atoms with Gasteiger partial charge >= 0.3 is 5.97 Å². The number of halogens is 2. The molecule has 0 aromatic heterocycles. The molecule has 2 unspecified atom stereocenters. The number of carbonyl (C=O) groups is 3. The number of ketones is 1. The monoisotopic (exact) mass is 456 g/mol. The molecule has 3 N–H and O–H groups in total. The maximum Gasteiger partial charge on any atom is 0.313 e. The smallest absolute Gasteiger partial charge is 0.313 e. The Labute approximate surface area is 182 Å². The number of hydrogen-bond acceptors (Lipinski definition) is 6. The molecular formula is C22H26F2O6S. The molecule has 170 valence electrons. The van der Waals surface area contributed by atoms with Crippen molar-refractivity contribution in [2.75, 3.05) is 5.75 Å². The Morgan fingerprint density at radius 2 is 1.94 bits per heavy atom. The van der Waals surface area contributed by atoms with Gasteiger partial charge < -0.3 is 15.3 Å². The molecule has 6 nitrogen and oxygen atoms in total. The van der Waals surface area contributed by atoms with Crippen LogP contribution in [-0.2, 0) is 14.4 Å². The minimum absolute atomic E-state index is 0.0107. The van der Waals surface area contributed by atoms with Crippen LogP contribution in [0.2, 0.25) is 0 Å². The number of thioether (sulfide) groups is 1. The summed E-state index contributed by atoms with van der Waals surface area (Å²) < 4.78 is 32.3. The standard InChI is InChI=1S/C22H26F2O6S/c1-10-5-12-13-7-15(23)14-6-11(25)3-4-20(14,2)22(13,24)16(26)8-21(12,18(10)29)19(30)31-9-17(27)28/h3-4,6,10,12-13,15-16,18,26,29H,5,7-9H2,1-2H3,(H,27,28)/t10-,12?,13?,15+,16+,18-,20+,21-,22+/m1/s1. The van der Waals surface area contributed by atoms with Gasteiger partial charge in [-0.2, -0.15) is 0 Å². The van der Waals surface area contributed by atoms with Gasteiger partial charge in [0.1, 0.15) is 6.17 Å². The quantitative estimate of drug-likeness (QED) is 0.597. The SMILES string of the molecule is C[C@@H]1CC2C3C[C@H](F)C4=CC(=O)C=C[C@]4(C)[C@@]3(F)[C@@H](O)C[C@]2(C(=O)SCC(=O)O)[C@@H]1O. The van der Waals surface area contributed by atoms with Gasteiger partial charge in [-0.15, -0.1) is 0 Å². The zero-order chi connectivity index (χ0) is 22.9. The van der Waals surface area contributed by atoms with Crippen LogP contribution in [0.25, 0.3) is 0 Å². The number of rotatable bonds is 3. The fraction of sp³-hybridized carbons (Fsp3) is 0.682. The van der Waals surface area contributed by atoms with Gasteiger partial charge in [0.25, 0.3) is 0 Å². The lowest BCUT2D eigenvalue weighted by molar-refractivity contribution is -0.207. The van der Waals surface area contributed by atoms with Crippen molar-refractivity contribution in [2.45, 2.75) is 57.2 Å². The highest BCUT2D eigenvalue weighted by Crippen LogP contribution is 2.69. The molecule has 9 heteroatoms. The van der Waals surface area contributed by atoms with Crippen molar-refractivity contribution in [3.05, 3.63) is 23.8 Å². The van der Waals surface area contributed by atoms with Gasteiger partial charge in [0.05, 0.1) is 23.4 Å². The summed E-state index contributed by atoms with van der Waals surface area (Å²) >= 11 is 0.532. The molecule has 0 bridgehead atoms. The largest absolute Gasteiger partial charge is 0.481 e. The van der Waals surface area contributed by atoms with Gasteiger partial charge in [-0.25, -0.2) is 8.78 Å². The van der Waals surface area contributed by atoms with Crippen LogP contribution in [0, 0.1) is 28.6 Å². The molecule has 0 saturated heterocycles.